The van der Waals surface area contributed by atoms with Crippen LogP contribution in [0.3, 0.4) is 0 Å². The Balaban J connectivity index is 1.38. The molecule has 1 aromatic carbocycles. The molecular formula is C21H30N4O2. The molecule has 2 aliphatic heterocycles. The van der Waals surface area contributed by atoms with Crippen molar-refractivity contribution in [3.63, 3.8) is 0 Å². The maximum Gasteiger partial charge on any atom is 0.272 e. The van der Waals surface area contributed by atoms with Crippen LogP contribution in [0.1, 0.15) is 55.9 Å². The molecule has 0 unspecified atom stereocenters. The maximum atomic E-state index is 12.8. The van der Waals surface area contributed by atoms with E-state index in [1.54, 1.807) is 0 Å². The lowest BCUT2D eigenvalue weighted by molar-refractivity contribution is -0.0803. The first-order chi connectivity index (χ1) is 13.3. The molecule has 1 aromatic heterocycles. The molecule has 2 bridgehead atoms. The van der Waals surface area contributed by atoms with Crippen molar-refractivity contribution in [2.45, 2.75) is 63.6 Å². The van der Waals surface area contributed by atoms with E-state index in [-0.39, 0.29) is 11.9 Å². The van der Waals surface area contributed by atoms with Gasteiger partial charge in [0.15, 0.2) is 5.69 Å². The van der Waals surface area contributed by atoms with E-state index in [1.165, 1.54) is 25.7 Å². The summed E-state index contributed by atoms with van der Waals surface area (Å²) >= 11 is 0. The van der Waals surface area contributed by atoms with Gasteiger partial charge >= 0.3 is 0 Å². The predicted octanol–water partition coefficient (Wildman–Crippen LogP) is 3.10. The Hall–Kier alpha value is -1.92. The zero-order valence-electron chi connectivity index (χ0n) is 16.1. The molecule has 6 nitrogen and oxygen atoms in total. The lowest BCUT2D eigenvalue weighted by Gasteiger charge is -2.48. The Kier molecular flexibility index (Phi) is 5.74. The number of carbonyl (C=O) groups is 1. The highest BCUT2D eigenvalue weighted by atomic mass is 16.5. The molecule has 2 aromatic rings. The van der Waals surface area contributed by atoms with Crippen molar-refractivity contribution >= 4 is 16.8 Å². The predicted molar refractivity (Wildman–Crippen MR) is 106 cm³/mol. The third-order valence-electron chi connectivity index (χ3n) is 5.96. The molecule has 0 saturated carbocycles. The van der Waals surface area contributed by atoms with Crippen LogP contribution in [0.4, 0.5) is 0 Å². The van der Waals surface area contributed by atoms with Gasteiger partial charge in [0.25, 0.3) is 5.91 Å². The number of piperidine rings is 1. The van der Waals surface area contributed by atoms with Crippen LogP contribution >= 0.6 is 0 Å². The molecule has 4 rings (SSSR count). The number of hydrogen-bond donors (Lipinski definition) is 2. The number of nitrogens with one attached hydrogen (secondary N) is 2. The van der Waals surface area contributed by atoms with Crippen molar-refractivity contribution < 1.29 is 9.53 Å². The van der Waals surface area contributed by atoms with Crippen LogP contribution in [0.2, 0.25) is 0 Å². The molecule has 2 N–H and O–H groups in total. The first-order valence-corrected chi connectivity index (χ1v) is 10.3. The van der Waals surface area contributed by atoms with E-state index < -0.39 is 0 Å². The molecule has 2 fully saturated rings. The van der Waals surface area contributed by atoms with E-state index in [1.807, 2.05) is 24.3 Å². The molecular weight excluding hydrogens is 340 g/mol. The number of benzene rings is 1. The molecule has 0 spiro atoms. The third-order valence-corrected chi connectivity index (χ3v) is 5.96. The number of para-hydroxylation sites is 1. The lowest BCUT2D eigenvalue weighted by Crippen LogP contribution is -2.60. The number of nitrogens with zero attached hydrogens (tertiary/aromatic N) is 2. The normalized spacial score (nSPS) is 25.6. The average molecular weight is 370 g/mol. The van der Waals surface area contributed by atoms with E-state index in [4.69, 9.17) is 4.74 Å². The smallest absolute Gasteiger partial charge is 0.272 e. The van der Waals surface area contributed by atoms with Gasteiger partial charge in [-0.1, -0.05) is 44.4 Å². The quantitative estimate of drug-likeness (QED) is 0.735. The standard InChI is InChI=1S/C21H30N4O2/c1-2-3-4-7-10-25-16-11-15(12-17(25)14-27-13-16)22-21(26)20-18-8-5-6-9-19(18)23-24-20/h5-6,8-9,15-17H,2-4,7,10-14H2,1H3,(H,22,26)(H,23,24)/t15-,16-,17+. The minimum absolute atomic E-state index is 0.0761. The molecule has 3 heterocycles. The molecule has 146 valence electrons. The monoisotopic (exact) mass is 370 g/mol. The molecule has 1 amide bonds. The van der Waals surface area contributed by atoms with Gasteiger partial charge in [-0.3, -0.25) is 14.8 Å². The minimum atomic E-state index is -0.0761. The number of ether oxygens (including phenoxy) is 1. The number of H-pyrrole nitrogens is 1. The molecule has 2 aliphatic rings. The summed E-state index contributed by atoms with van der Waals surface area (Å²) < 4.78 is 5.81. The van der Waals surface area contributed by atoms with E-state index in [0.717, 1.165) is 43.5 Å². The van der Waals surface area contributed by atoms with Crippen LogP contribution in [0.15, 0.2) is 24.3 Å². The van der Waals surface area contributed by atoms with E-state index in [2.05, 4.69) is 27.3 Å². The maximum absolute atomic E-state index is 12.8. The van der Waals surface area contributed by atoms with Crippen LogP contribution in [-0.4, -0.2) is 58.9 Å². The van der Waals surface area contributed by atoms with E-state index in [0.29, 0.717) is 17.8 Å². The Bertz CT molecular complexity index is 760. The second-order valence-electron chi connectivity index (χ2n) is 7.90. The molecule has 3 atom stereocenters. The molecule has 0 aliphatic carbocycles. The third kappa shape index (κ3) is 4.01. The Morgan fingerprint density at radius 1 is 1.22 bits per heavy atom. The largest absolute Gasteiger partial charge is 0.378 e. The van der Waals surface area contributed by atoms with Crippen molar-refractivity contribution in [1.82, 2.24) is 20.4 Å². The average Bonchev–Trinajstić information content (AvgIpc) is 3.09. The van der Waals surface area contributed by atoms with Crippen LogP contribution in [0.5, 0.6) is 0 Å². The topological polar surface area (TPSA) is 70.2 Å². The first-order valence-electron chi connectivity index (χ1n) is 10.3. The Morgan fingerprint density at radius 2 is 2.00 bits per heavy atom. The van der Waals surface area contributed by atoms with Gasteiger partial charge in [0, 0.05) is 23.5 Å². The summed E-state index contributed by atoms with van der Waals surface area (Å²) in [6.07, 6.45) is 7.06. The summed E-state index contributed by atoms with van der Waals surface area (Å²) in [5.41, 5.74) is 1.39. The van der Waals surface area contributed by atoms with Gasteiger partial charge in [-0.2, -0.15) is 5.10 Å². The number of unbranched alkanes of at least 4 members (excludes halogenated alkanes) is 3. The summed E-state index contributed by atoms with van der Waals surface area (Å²) in [6, 6.07) is 8.79. The minimum Gasteiger partial charge on any atom is -0.378 e. The van der Waals surface area contributed by atoms with Crippen LogP contribution < -0.4 is 5.32 Å². The lowest BCUT2D eigenvalue weighted by atomic mass is 9.89. The van der Waals surface area contributed by atoms with Gasteiger partial charge in [0.05, 0.1) is 18.7 Å². The summed E-state index contributed by atoms with van der Waals surface area (Å²) in [4.78, 5) is 15.4. The van der Waals surface area contributed by atoms with Gasteiger partial charge in [-0.05, 0) is 31.9 Å². The number of morpholine rings is 1. The Morgan fingerprint density at radius 3 is 2.78 bits per heavy atom. The highest BCUT2D eigenvalue weighted by Gasteiger charge is 2.39. The molecule has 0 radical (unpaired) electrons. The number of aromatic nitrogens is 2. The number of aromatic amines is 1. The summed E-state index contributed by atoms with van der Waals surface area (Å²) in [7, 11) is 0. The van der Waals surface area contributed by atoms with Crippen molar-refractivity contribution in [2.75, 3.05) is 19.8 Å². The number of rotatable bonds is 7. The van der Waals surface area contributed by atoms with Crippen LogP contribution in [-0.2, 0) is 4.74 Å². The summed E-state index contributed by atoms with van der Waals surface area (Å²) in [6.45, 7) is 4.96. The number of amides is 1. The van der Waals surface area contributed by atoms with E-state index >= 15 is 0 Å². The van der Waals surface area contributed by atoms with Crippen molar-refractivity contribution in [3.8, 4) is 0 Å². The molecule has 27 heavy (non-hydrogen) atoms. The Labute approximate surface area is 160 Å². The zero-order valence-corrected chi connectivity index (χ0v) is 16.1. The van der Waals surface area contributed by atoms with Crippen molar-refractivity contribution in [1.29, 1.82) is 0 Å². The molecule has 2 saturated heterocycles. The first kappa shape index (κ1) is 18.4. The number of carbonyl (C=O) groups excluding carboxylic acids is 1. The summed E-state index contributed by atoms with van der Waals surface area (Å²) in [5.74, 6) is -0.0761. The molecule has 6 heteroatoms. The summed E-state index contributed by atoms with van der Waals surface area (Å²) in [5, 5.41) is 11.3. The van der Waals surface area contributed by atoms with Gasteiger partial charge in [-0.25, -0.2) is 0 Å². The fourth-order valence-corrected chi connectivity index (χ4v) is 4.58. The van der Waals surface area contributed by atoms with Gasteiger partial charge in [-0.15, -0.1) is 0 Å². The zero-order chi connectivity index (χ0) is 18.6. The van der Waals surface area contributed by atoms with Crippen LogP contribution in [0, 0.1) is 0 Å². The fraction of sp³-hybridized carbons (Fsp3) is 0.619. The fourth-order valence-electron chi connectivity index (χ4n) is 4.58. The van der Waals surface area contributed by atoms with Crippen molar-refractivity contribution in [2.24, 2.45) is 0 Å². The number of fused-ring (bicyclic) bond motifs is 3. The highest BCUT2D eigenvalue weighted by molar-refractivity contribution is 6.04. The second-order valence-corrected chi connectivity index (χ2v) is 7.90. The van der Waals surface area contributed by atoms with Gasteiger partial charge < -0.3 is 10.1 Å². The van der Waals surface area contributed by atoms with Gasteiger partial charge in [0.2, 0.25) is 0 Å². The van der Waals surface area contributed by atoms with Crippen LogP contribution in [0.25, 0.3) is 10.9 Å². The second kappa shape index (κ2) is 8.40. The van der Waals surface area contributed by atoms with Gasteiger partial charge in [0.1, 0.15) is 0 Å². The number of hydrogen-bond acceptors (Lipinski definition) is 4. The SMILES string of the molecule is CCCCCCN1[C@@H]2COC[C@H]1C[C@@H](NC(=O)c1n[nH]c3ccccc13)C2. The van der Waals surface area contributed by atoms with Crippen molar-refractivity contribution in [3.05, 3.63) is 30.0 Å². The highest BCUT2D eigenvalue weighted by Crippen LogP contribution is 2.28. The van der Waals surface area contributed by atoms with E-state index in [9.17, 15) is 4.79 Å².